The lowest BCUT2D eigenvalue weighted by molar-refractivity contribution is -0.121. The quantitative estimate of drug-likeness (QED) is 0.895. The molecular formula is C16H22ClNO. The van der Waals surface area contributed by atoms with E-state index in [4.69, 9.17) is 11.6 Å². The summed E-state index contributed by atoms with van der Waals surface area (Å²) in [5, 5.41) is 3.90. The van der Waals surface area contributed by atoms with Gasteiger partial charge in [0.25, 0.3) is 0 Å². The Morgan fingerprint density at radius 1 is 1.26 bits per heavy atom. The smallest absolute Gasteiger partial charge is 0.224 e. The van der Waals surface area contributed by atoms with Gasteiger partial charge in [0.1, 0.15) is 0 Å². The van der Waals surface area contributed by atoms with Crippen LogP contribution >= 0.6 is 11.6 Å². The number of hydrogen-bond acceptors (Lipinski definition) is 1. The molecule has 0 saturated heterocycles. The van der Waals surface area contributed by atoms with Crippen molar-refractivity contribution < 1.29 is 4.79 Å². The van der Waals surface area contributed by atoms with Crippen LogP contribution in [0.1, 0.15) is 38.7 Å². The molecule has 1 fully saturated rings. The average Bonchev–Trinajstić information content (AvgIpc) is 2.38. The maximum Gasteiger partial charge on any atom is 0.224 e. The van der Waals surface area contributed by atoms with Crippen molar-refractivity contribution in [1.29, 1.82) is 0 Å². The van der Waals surface area contributed by atoms with Gasteiger partial charge in [0, 0.05) is 11.1 Å². The molecule has 3 atom stereocenters. The molecule has 1 saturated carbocycles. The SMILES string of the molecule is CC1CCCC(NC(=O)Cc2ccc(Cl)cc2)C1C. The zero-order valence-electron chi connectivity index (χ0n) is 11.7. The van der Waals surface area contributed by atoms with E-state index >= 15 is 0 Å². The summed E-state index contributed by atoms with van der Waals surface area (Å²) in [5.74, 6) is 1.39. The molecule has 1 aliphatic rings. The van der Waals surface area contributed by atoms with Crippen LogP contribution in [0.4, 0.5) is 0 Å². The second kappa shape index (κ2) is 6.42. The number of hydrogen-bond donors (Lipinski definition) is 1. The van der Waals surface area contributed by atoms with Crippen LogP contribution in [-0.2, 0) is 11.2 Å². The zero-order valence-corrected chi connectivity index (χ0v) is 12.4. The first-order valence-corrected chi connectivity index (χ1v) is 7.48. The summed E-state index contributed by atoms with van der Waals surface area (Å²) in [4.78, 5) is 12.1. The molecular weight excluding hydrogens is 258 g/mol. The highest BCUT2D eigenvalue weighted by Crippen LogP contribution is 2.29. The van der Waals surface area contributed by atoms with Gasteiger partial charge in [0.2, 0.25) is 5.91 Å². The third kappa shape index (κ3) is 3.97. The molecule has 1 amide bonds. The summed E-state index contributed by atoms with van der Waals surface area (Å²) < 4.78 is 0. The Bertz CT molecular complexity index is 429. The zero-order chi connectivity index (χ0) is 13.8. The maximum atomic E-state index is 12.1. The number of nitrogens with one attached hydrogen (secondary N) is 1. The number of carbonyl (C=O) groups excluding carboxylic acids is 1. The summed E-state index contributed by atoms with van der Waals surface area (Å²) in [7, 11) is 0. The van der Waals surface area contributed by atoms with E-state index in [1.807, 2.05) is 24.3 Å². The molecule has 0 heterocycles. The molecule has 0 radical (unpaired) electrons. The highest BCUT2D eigenvalue weighted by atomic mass is 35.5. The van der Waals surface area contributed by atoms with E-state index in [2.05, 4.69) is 19.2 Å². The van der Waals surface area contributed by atoms with Crippen LogP contribution in [0.3, 0.4) is 0 Å². The molecule has 104 valence electrons. The van der Waals surface area contributed by atoms with Gasteiger partial charge >= 0.3 is 0 Å². The molecule has 2 rings (SSSR count). The third-order valence-corrected chi connectivity index (χ3v) is 4.58. The molecule has 0 aromatic heterocycles. The van der Waals surface area contributed by atoms with Gasteiger partial charge in [-0.15, -0.1) is 0 Å². The normalized spacial score (nSPS) is 27.0. The average molecular weight is 280 g/mol. The van der Waals surface area contributed by atoms with Gasteiger partial charge < -0.3 is 5.32 Å². The highest BCUT2D eigenvalue weighted by Gasteiger charge is 2.27. The van der Waals surface area contributed by atoms with E-state index in [1.54, 1.807) is 0 Å². The van der Waals surface area contributed by atoms with Crippen molar-refractivity contribution in [3.8, 4) is 0 Å². The number of benzene rings is 1. The number of halogens is 1. The Hall–Kier alpha value is -1.02. The lowest BCUT2D eigenvalue weighted by Crippen LogP contribution is -2.44. The largest absolute Gasteiger partial charge is 0.353 e. The van der Waals surface area contributed by atoms with E-state index in [1.165, 1.54) is 12.8 Å². The van der Waals surface area contributed by atoms with Crippen LogP contribution in [0, 0.1) is 11.8 Å². The monoisotopic (exact) mass is 279 g/mol. The summed E-state index contributed by atoms with van der Waals surface area (Å²) in [6, 6.07) is 7.82. The van der Waals surface area contributed by atoms with Crippen LogP contribution in [0.2, 0.25) is 5.02 Å². The van der Waals surface area contributed by atoms with Crippen LogP contribution in [0.5, 0.6) is 0 Å². The molecule has 0 bridgehead atoms. The fourth-order valence-corrected chi connectivity index (χ4v) is 2.96. The van der Waals surface area contributed by atoms with Crippen molar-refractivity contribution in [2.75, 3.05) is 0 Å². The lowest BCUT2D eigenvalue weighted by Gasteiger charge is -2.34. The first kappa shape index (κ1) is 14.4. The van der Waals surface area contributed by atoms with E-state index < -0.39 is 0 Å². The molecule has 3 heteroatoms. The molecule has 0 spiro atoms. The number of rotatable bonds is 3. The highest BCUT2D eigenvalue weighted by molar-refractivity contribution is 6.30. The van der Waals surface area contributed by atoms with Gasteiger partial charge in [-0.3, -0.25) is 4.79 Å². The molecule has 1 aromatic rings. The van der Waals surface area contributed by atoms with Crippen molar-refractivity contribution in [2.24, 2.45) is 11.8 Å². The minimum atomic E-state index is 0.119. The Labute approximate surface area is 120 Å². The maximum absolute atomic E-state index is 12.1. The minimum absolute atomic E-state index is 0.119. The topological polar surface area (TPSA) is 29.1 Å². The summed E-state index contributed by atoms with van der Waals surface area (Å²) >= 11 is 5.84. The lowest BCUT2D eigenvalue weighted by atomic mass is 9.78. The van der Waals surface area contributed by atoms with Gasteiger partial charge in [-0.2, -0.15) is 0 Å². The van der Waals surface area contributed by atoms with Gasteiger partial charge in [-0.05, 0) is 36.0 Å². The summed E-state index contributed by atoms with van der Waals surface area (Å²) in [5.41, 5.74) is 1.01. The second-order valence-electron chi connectivity index (χ2n) is 5.74. The molecule has 1 aromatic carbocycles. The van der Waals surface area contributed by atoms with Crippen LogP contribution in [-0.4, -0.2) is 11.9 Å². The van der Waals surface area contributed by atoms with Gasteiger partial charge in [-0.1, -0.05) is 50.4 Å². The summed E-state index contributed by atoms with van der Waals surface area (Å²) in [6.07, 6.45) is 4.05. The fourth-order valence-electron chi connectivity index (χ4n) is 2.83. The molecule has 0 aliphatic heterocycles. The Morgan fingerprint density at radius 3 is 2.63 bits per heavy atom. The molecule has 3 unspecified atom stereocenters. The van der Waals surface area contributed by atoms with Crippen molar-refractivity contribution in [3.63, 3.8) is 0 Å². The third-order valence-electron chi connectivity index (χ3n) is 4.33. The predicted molar refractivity (Wildman–Crippen MR) is 79.3 cm³/mol. The van der Waals surface area contributed by atoms with E-state index in [0.29, 0.717) is 29.3 Å². The first-order chi connectivity index (χ1) is 9.06. The van der Waals surface area contributed by atoms with Crippen molar-refractivity contribution in [1.82, 2.24) is 5.32 Å². The van der Waals surface area contributed by atoms with E-state index in [9.17, 15) is 4.79 Å². The van der Waals surface area contributed by atoms with Gasteiger partial charge in [0.05, 0.1) is 6.42 Å². The van der Waals surface area contributed by atoms with Gasteiger partial charge in [0.15, 0.2) is 0 Å². The molecule has 19 heavy (non-hydrogen) atoms. The van der Waals surface area contributed by atoms with Crippen molar-refractivity contribution >= 4 is 17.5 Å². The Balaban J connectivity index is 1.88. The predicted octanol–water partition coefficient (Wildman–Crippen LogP) is 3.82. The number of amides is 1. The van der Waals surface area contributed by atoms with E-state index in [0.717, 1.165) is 12.0 Å². The summed E-state index contributed by atoms with van der Waals surface area (Å²) in [6.45, 7) is 4.53. The molecule has 1 aliphatic carbocycles. The van der Waals surface area contributed by atoms with Crippen LogP contribution < -0.4 is 5.32 Å². The fraction of sp³-hybridized carbons (Fsp3) is 0.562. The Kier molecular flexibility index (Phi) is 4.87. The van der Waals surface area contributed by atoms with Crippen molar-refractivity contribution in [3.05, 3.63) is 34.9 Å². The Morgan fingerprint density at radius 2 is 1.95 bits per heavy atom. The van der Waals surface area contributed by atoms with E-state index in [-0.39, 0.29) is 5.91 Å². The van der Waals surface area contributed by atoms with Crippen molar-refractivity contribution in [2.45, 2.75) is 45.6 Å². The van der Waals surface area contributed by atoms with Crippen LogP contribution in [0.15, 0.2) is 24.3 Å². The van der Waals surface area contributed by atoms with Crippen LogP contribution in [0.25, 0.3) is 0 Å². The molecule has 2 nitrogen and oxygen atoms in total. The number of carbonyl (C=O) groups is 1. The second-order valence-corrected chi connectivity index (χ2v) is 6.18. The minimum Gasteiger partial charge on any atom is -0.353 e. The first-order valence-electron chi connectivity index (χ1n) is 7.10. The van der Waals surface area contributed by atoms with Gasteiger partial charge in [-0.25, -0.2) is 0 Å². The standard InChI is InChI=1S/C16H22ClNO/c1-11-4-3-5-15(12(11)2)18-16(19)10-13-6-8-14(17)9-7-13/h6-9,11-12,15H,3-5,10H2,1-2H3,(H,18,19). The molecule has 1 N–H and O–H groups in total.